The fourth-order valence-corrected chi connectivity index (χ4v) is 6.57. The highest BCUT2D eigenvalue weighted by Gasteiger charge is 2.34. The lowest BCUT2D eigenvalue weighted by atomic mass is 9.99. The van der Waals surface area contributed by atoms with Gasteiger partial charge in [0.2, 0.25) is 0 Å². The molecular weight excluding hydrogens is 677 g/mol. The van der Waals surface area contributed by atoms with Crippen molar-refractivity contribution in [3.05, 3.63) is 87.7 Å². The standard InChI is InChI=1S/C38H44FN3O10/c1-23-18-27(19-24(2)35(23)51-22-49-4)36(44)40-28-20-42(38(46)47)17-7-8-30(28)52-37(45)26-11-9-25(10-12-26)34(43)32-31(50-21-48-3)14-13-29(33(32)39)41-15-5-6-16-41/h9-14,18-19,28,30H,5-8,15-17,20-22H2,1-4H3,(H,40,44)(H,46,47)/t28-,30-/m1/s1. The van der Waals surface area contributed by atoms with Crippen molar-refractivity contribution in [2.24, 2.45) is 0 Å². The van der Waals surface area contributed by atoms with Gasteiger partial charge in [0.15, 0.2) is 25.2 Å². The summed E-state index contributed by atoms with van der Waals surface area (Å²) in [5, 5.41) is 12.7. The third kappa shape index (κ3) is 8.80. The van der Waals surface area contributed by atoms with E-state index in [2.05, 4.69) is 5.32 Å². The molecule has 0 bridgehead atoms. The highest BCUT2D eigenvalue weighted by atomic mass is 19.1. The van der Waals surface area contributed by atoms with Crippen molar-refractivity contribution in [3.8, 4) is 11.5 Å². The first-order valence-electron chi connectivity index (χ1n) is 17.1. The molecule has 14 heteroatoms. The van der Waals surface area contributed by atoms with Gasteiger partial charge in [-0.25, -0.2) is 14.0 Å². The zero-order chi connectivity index (χ0) is 37.4. The molecule has 0 radical (unpaired) electrons. The van der Waals surface area contributed by atoms with Crippen molar-refractivity contribution in [3.63, 3.8) is 0 Å². The number of carbonyl (C=O) groups is 4. The van der Waals surface area contributed by atoms with Gasteiger partial charge in [-0.05, 0) is 87.1 Å². The van der Waals surface area contributed by atoms with Crippen molar-refractivity contribution < 1.29 is 52.4 Å². The molecular formula is C38H44FN3O10. The number of nitrogens with one attached hydrogen (secondary N) is 1. The minimum atomic E-state index is -1.16. The van der Waals surface area contributed by atoms with Crippen LogP contribution in [0.25, 0.3) is 0 Å². The second-order valence-corrected chi connectivity index (χ2v) is 12.8. The Bertz CT molecular complexity index is 1750. The second-order valence-electron chi connectivity index (χ2n) is 12.8. The van der Waals surface area contributed by atoms with Crippen LogP contribution >= 0.6 is 0 Å². The molecule has 2 amide bonds. The molecule has 2 N–H and O–H groups in total. The number of hydrogen-bond donors (Lipinski definition) is 2. The number of carbonyl (C=O) groups excluding carboxylic acids is 3. The van der Waals surface area contributed by atoms with Crippen molar-refractivity contribution in [1.29, 1.82) is 0 Å². The summed E-state index contributed by atoms with van der Waals surface area (Å²) in [5.41, 5.74) is 2.06. The Morgan fingerprint density at radius 3 is 2.12 bits per heavy atom. The zero-order valence-electron chi connectivity index (χ0n) is 29.7. The number of amides is 2. The third-order valence-corrected chi connectivity index (χ3v) is 9.14. The highest BCUT2D eigenvalue weighted by Crippen LogP contribution is 2.34. The molecule has 2 heterocycles. The first-order valence-corrected chi connectivity index (χ1v) is 17.1. The molecule has 2 aliphatic rings. The topological polar surface area (TPSA) is 153 Å². The van der Waals surface area contributed by atoms with Crippen LogP contribution in [0.15, 0.2) is 48.5 Å². The van der Waals surface area contributed by atoms with Crippen LogP contribution in [-0.2, 0) is 14.2 Å². The lowest BCUT2D eigenvalue weighted by Crippen LogP contribution is -2.51. The fraction of sp³-hybridized carbons (Fsp3) is 0.421. The molecule has 278 valence electrons. The Morgan fingerprint density at radius 1 is 0.846 bits per heavy atom. The average Bonchev–Trinajstić information content (AvgIpc) is 3.59. The molecule has 2 fully saturated rings. The van der Waals surface area contributed by atoms with Crippen LogP contribution in [0.3, 0.4) is 0 Å². The van der Waals surface area contributed by atoms with E-state index in [0.29, 0.717) is 47.6 Å². The van der Waals surface area contributed by atoms with Crippen LogP contribution in [0.4, 0.5) is 14.9 Å². The van der Waals surface area contributed by atoms with Crippen molar-refractivity contribution >= 4 is 29.4 Å². The Hall–Kier alpha value is -5.21. The first-order chi connectivity index (χ1) is 25.0. The summed E-state index contributed by atoms with van der Waals surface area (Å²) in [6, 6.07) is 11.2. The minimum absolute atomic E-state index is 0.0355. The molecule has 0 saturated carbocycles. The summed E-state index contributed by atoms with van der Waals surface area (Å²) in [6.07, 6.45) is 0.506. The quantitative estimate of drug-likeness (QED) is 0.134. The summed E-state index contributed by atoms with van der Waals surface area (Å²) in [6.45, 7) is 4.90. The molecule has 5 rings (SSSR count). The molecule has 0 spiro atoms. The van der Waals surface area contributed by atoms with Crippen molar-refractivity contribution in [2.75, 3.05) is 58.9 Å². The van der Waals surface area contributed by atoms with Gasteiger partial charge in [-0.3, -0.25) is 9.59 Å². The second kappa shape index (κ2) is 17.3. The van der Waals surface area contributed by atoms with E-state index in [1.54, 1.807) is 38.1 Å². The Labute approximate surface area is 301 Å². The summed E-state index contributed by atoms with van der Waals surface area (Å²) < 4.78 is 43.0. The van der Waals surface area contributed by atoms with Crippen LogP contribution in [0, 0.1) is 19.7 Å². The van der Waals surface area contributed by atoms with E-state index in [9.17, 15) is 24.3 Å². The van der Waals surface area contributed by atoms with E-state index in [-0.39, 0.29) is 55.5 Å². The lowest BCUT2D eigenvalue weighted by Gasteiger charge is -2.28. The van der Waals surface area contributed by atoms with Gasteiger partial charge in [0, 0.05) is 51.5 Å². The fourth-order valence-electron chi connectivity index (χ4n) is 6.57. The molecule has 3 aromatic rings. The number of halogens is 1. The molecule has 2 atom stereocenters. The van der Waals surface area contributed by atoms with Gasteiger partial charge in [0.1, 0.15) is 23.2 Å². The largest absolute Gasteiger partial charge is 0.467 e. The number of benzene rings is 3. The van der Waals surface area contributed by atoms with Crippen LogP contribution in [0.1, 0.15) is 73.4 Å². The zero-order valence-corrected chi connectivity index (χ0v) is 29.7. The number of nitrogens with zero attached hydrogens (tertiary/aromatic N) is 2. The predicted octanol–water partition coefficient (Wildman–Crippen LogP) is 5.34. The van der Waals surface area contributed by atoms with Gasteiger partial charge >= 0.3 is 12.1 Å². The molecule has 52 heavy (non-hydrogen) atoms. The van der Waals surface area contributed by atoms with E-state index in [1.807, 2.05) is 4.90 Å². The minimum Gasteiger partial charge on any atom is -0.467 e. The summed E-state index contributed by atoms with van der Waals surface area (Å²) >= 11 is 0. The molecule has 3 aromatic carbocycles. The highest BCUT2D eigenvalue weighted by molar-refractivity contribution is 6.11. The molecule has 2 aliphatic heterocycles. The normalized spacial score (nSPS) is 17.3. The van der Waals surface area contributed by atoms with Gasteiger partial charge < -0.3 is 43.9 Å². The lowest BCUT2D eigenvalue weighted by molar-refractivity contribution is 0.0179. The molecule has 2 saturated heterocycles. The number of ketones is 1. The Morgan fingerprint density at radius 2 is 1.48 bits per heavy atom. The van der Waals surface area contributed by atoms with Crippen molar-refractivity contribution in [2.45, 2.75) is 51.7 Å². The SMILES string of the molecule is COCOc1ccc(N2CCCC2)c(F)c1C(=O)c1ccc(C(=O)O[C@@H]2CCCN(C(=O)O)C[C@H]2NC(=O)c2cc(C)c(OCOC)c(C)c2)cc1. The number of anilines is 1. The maximum atomic E-state index is 15.9. The number of rotatable bonds is 13. The number of ether oxygens (including phenoxy) is 5. The van der Waals surface area contributed by atoms with Gasteiger partial charge in [0.25, 0.3) is 5.91 Å². The summed E-state index contributed by atoms with van der Waals surface area (Å²) in [5.74, 6) is -1.90. The van der Waals surface area contributed by atoms with Crippen LogP contribution in [0.2, 0.25) is 0 Å². The number of likely N-dealkylation sites (tertiary alicyclic amines) is 1. The van der Waals surface area contributed by atoms with Crippen LogP contribution in [0.5, 0.6) is 11.5 Å². The number of carboxylic acid groups (broad SMARTS) is 1. The number of esters is 1. The molecule has 0 aromatic heterocycles. The molecule has 0 aliphatic carbocycles. The van der Waals surface area contributed by atoms with E-state index in [1.165, 1.54) is 43.4 Å². The number of methoxy groups -OCH3 is 2. The van der Waals surface area contributed by atoms with Crippen LogP contribution < -0.4 is 19.7 Å². The van der Waals surface area contributed by atoms with Crippen molar-refractivity contribution in [1.82, 2.24) is 10.2 Å². The smallest absolute Gasteiger partial charge is 0.407 e. The van der Waals surface area contributed by atoms with Gasteiger partial charge in [-0.15, -0.1) is 0 Å². The monoisotopic (exact) mass is 721 g/mol. The van der Waals surface area contributed by atoms with E-state index in [4.69, 9.17) is 23.7 Å². The molecule has 0 unspecified atom stereocenters. The molecule has 13 nitrogen and oxygen atoms in total. The van der Waals surface area contributed by atoms with E-state index in [0.717, 1.165) is 12.8 Å². The summed E-state index contributed by atoms with van der Waals surface area (Å²) in [4.78, 5) is 55.7. The van der Waals surface area contributed by atoms with Gasteiger partial charge in [-0.1, -0.05) is 12.1 Å². The van der Waals surface area contributed by atoms with Gasteiger partial charge in [0.05, 0.1) is 17.3 Å². The Kier molecular flexibility index (Phi) is 12.7. The van der Waals surface area contributed by atoms with Gasteiger partial charge in [-0.2, -0.15) is 0 Å². The Balaban J connectivity index is 1.34. The summed E-state index contributed by atoms with van der Waals surface area (Å²) in [7, 11) is 2.93. The first kappa shape index (κ1) is 38.0. The van der Waals surface area contributed by atoms with E-state index < -0.39 is 41.7 Å². The number of hydrogen-bond acceptors (Lipinski definition) is 10. The van der Waals surface area contributed by atoms with Crippen LogP contribution in [-0.4, -0.2) is 99.9 Å². The predicted molar refractivity (Wildman–Crippen MR) is 188 cm³/mol. The number of aryl methyl sites for hydroxylation is 2. The average molecular weight is 722 g/mol. The third-order valence-electron chi connectivity index (χ3n) is 9.14. The van der Waals surface area contributed by atoms with E-state index >= 15 is 4.39 Å². The maximum absolute atomic E-state index is 15.9. The maximum Gasteiger partial charge on any atom is 0.407 e.